The molecule has 1 unspecified atom stereocenters. The lowest BCUT2D eigenvalue weighted by Gasteiger charge is -2.23. The molecule has 1 aliphatic heterocycles. The highest BCUT2D eigenvalue weighted by atomic mass is 35.5. The largest absolute Gasteiger partial charge is 0.353 e. The molecule has 0 aliphatic carbocycles. The van der Waals surface area contributed by atoms with Crippen LogP contribution in [0.5, 0.6) is 0 Å². The third-order valence-corrected chi connectivity index (χ3v) is 5.87. The van der Waals surface area contributed by atoms with E-state index in [2.05, 4.69) is 30.0 Å². The molecule has 0 bridgehead atoms. The normalized spacial score (nSPS) is 16.7. The van der Waals surface area contributed by atoms with Gasteiger partial charge in [-0.1, -0.05) is 35.3 Å². The van der Waals surface area contributed by atoms with Crippen molar-refractivity contribution in [3.8, 4) is 17.3 Å². The molecular formula is C21H19Cl2N5. The molecule has 2 aromatic carbocycles. The van der Waals surface area contributed by atoms with Crippen LogP contribution in [0.2, 0.25) is 10.0 Å². The Labute approximate surface area is 174 Å². The molecular weight excluding hydrogens is 393 g/mol. The summed E-state index contributed by atoms with van der Waals surface area (Å²) in [5.41, 5.74) is 3.59. The van der Waals surface area contributed by atoms with Crippen LogP contribution in [0, 0.1) is 11.3 Å². The lowest BCUT2D eigenvalue weighted by atomic mass is 10.1. The molecule has 28 heavy (non-hydrogen) atoms. The Morgan fingerprint density at radius 1 is 1.11 bits per heavy atom. The van der Waals surface area contributed by atoms with E-state index in [1.165, 1.54) is 0 Å². The minimum atomic E-state index is 0.446. The molecule has 0 spiro atoms. The van der Waals surface area contributed by atoms with Crippen LogP contribution in [0.3, 0.4) is 0 Å². The van der Waals surface area contributed by atoms with Crippen molar-refractivity contribution >= 4 is 40.1 Å². The monoisotopic (exact) mass is 411 g/mol. The summed E-state index contributed by atoms with van der Waals surface area (Å²) in [7, 11) is 4.19. The molecule has 7 heteroatoms. The predicted octanol–water partition coefficient (Wildman–Crippen LogP) is 4.62. The van der Waals surface area contributed by atoms with Crippen molar-refractivity contribution in [2.45, 2.75) is 12.5 Å². The predicted molar refractivity (Wildman–Crippen MR) is 114 cm³/mol. The molecule has 0 amide bonds. The van der Waals surface area contributed by atoms with Crippen LogP contribution in [-0.4, -0.2) is 48.1 Å². The van der Waals surface area contributed by atoms with Crippen LogP contribution in [0.25, 0.3) is 22.3 Å². The van der Waals surface area contributed by atoms with Crippen molar-refractivity contribution in [1.82, 2.24) is 14.9 Å². The van der Waals surface area contributed by atoms with Gasteiger partial charge in [-0.2, -0.15) is 5.26 Å². The number of benzene rings is 2. The van der Waals surface area contributed by atoms with Crippen molar-refractivity contribution < 1.29 is 0 Å². The van der Waals surface area contributed by atoms with E-state index in [1.54, 1.807) is 18.2 Å². The van der Waals surface area contributed by atoms with Gasteiger partial charge in [0, 0.05) is 24.7 Å². The van der Waals surface area contributed by atoms with Crippen LogP contribution in [0.4, 0.5) is 5.82 Å². The van der Waals surface area contributed by atoms with Crippen LogP contribution >= 0.6 is 23.2 Å². The highest BCUT2D eigenvalue weighted by Gasteiger charge is 2.28. The first-order valence-electron chi connectivity index (χ1n) is 9.05. The van der Waals surface area contributed by atoms with Gasteiger partial charge in [0.2, 0.25) is 0 Å². The molecule has 1 aliphatic rings. The fourth-order valence-corrected chi connectivity index (χ4v) is 3.86. The number of nitriles is 1. The molecule has 1 fully saturated rings. The zero-order chi connectivity index (χ0) is 19.8. The SMILES string of the molecule is CN(C)C1CCN(c2nc3cc(Cl)c(Cl)cc3nc2-c2cccc(C#N)c2)C1. The fourth-order valence-electron chi connectivity index (χ4n) is 3.55. The molecule has 1 saturated heterocycles. The van der Waals surface area contributed by atoms with E-state index in [-0.39, 0.29) is 0 Å². The van der Waals surface area contributed by atoms with Crippen molar-refractivity contribution in [1.29, 1.82) is 5.26 Å². The van der Waals surface area contributed by atoms with Gasteiger partial charge in [0.25, 0.3) is 0 Å². The fraction of sp³-hybridized carbons (Fsp3) is 0.286. The van der Waals surface area contributed by atoms with E-state index in [0.717, 1.165) is 36.6 Å². The summed E-state index contributed by atoms with van der Waals surface area (Å²) in [6, 6.07) is 13.6. The maximum absolute atomic E-state index is 9.29. The molecule has 0 radical (unpaired) electrons. The van der Waals surface area contributed by atoms with Gasteiger partial charge in [-0.05, 0) is 44.8 Å². The average molecular weight is 412 g/mol. The van der Waals surface area contributed by atoms with Crippen LogP contribution in [0.1, 0.15) is 12.0 Å². The van der Waals surface area contributed by atoms with Crippen LogP contribution < -0.4 is 4.90 Å². The topological polar surface area (TPSA) is 56.1 Å². The number of likely N-dealkylation sites (N-methyl/N-ethyl adjacent to an activating group) is 1. The second kappa shape index (κ2) is 7.56. The van der Waals surface area contributed by atoms with E-state index >= 15 is 0 Å². The zero-order valence-electron chi connectivity index (χ0n) is 15.7. The first-order valence-corrected chi connectivity index (χ1v) is 9.80. The molecule has 1 aromatic heterocycles. The lowest BCUT2D eigenvalue weighted by Crippen LogP contribution is -2.32. The smallest absolute Gasteiger partial charge is 0.156 e. The third-order valence-electron chi connectivity index (χ3n) is 5.15. The minimum absolute atomic E-state index is 0.446. The highest BCUT2D eigenvalue weighted by Crippen LogP contribution is 2.34. The molecule has 142 valence electrons. The van der Waals surface area contributed by atoms with Gasteiger partial charge >= 0.3 is 0 Å². The number of hydrogen-bond donors (Lipinski definition) is 0. The second-order valence-corrected chi connectivity index (χ2v) is 8.01. The van der Waals surface area contributed by atoms with Gasteiger partial charge in [-0.3, -0.25) is 0 Å². The number of aromatic nitrogens is 2. The Bertz CT molecular complexity index is 1090. The van der Waals surface area contributed by atoms with Gasteiger partial charge in [-0.15, -0.1) is 0 Å². The summed E-state index contributed by atoms with van der Waals surface area (Å²) >= 11 is 12.4. The van der Waals surface area contributed by atoms with Gasteiger partial charge in [0.15, 0.2) is 5.82 Å². The van der Waals surface area contributed by atoms with Crippen molar-refractivity contribution in [2.24, 2.45) is 0 Å². The first-order chi connectivity index (χ1) is 13.5. The number of fused-ring (bicyclic) bond motifs is 1. The first kappa shape index (κ1) is 18.9. The van der Waals surface area contributed by atoms with Crippen LogP contribution in [0.15, 0.2) is 36.4 Å². The minimum Gasteiger partial charge on any atom is -0.353 e. The Morgan fingerprint density at radius 3 is 2.46 bits per heavy atom. The van der Waals surface area contributed by atoms with E-state index in [4.69, 9.17) is 33.2 Å². The summed E-state index contributed by atoms with van der Waals surface area (Å²) in [5, 5.41) is 10.2. The summed E-state index contributed by atoms with van der Waals surface area (Å²) in [6.07, 6.45) is 1.06. The van der Waals surface area contributed by atoms with Crippen LogP contribution in [-0.2, 0) is 0 Å². The Hall–Kier alpha value is -2.39. The zero-order valence-corrected chi connectivity index (χ0v) is 17.2. The molecule has 1 atom stereocenters. The molecule has 2 heterocycles. The number of nitrogens with zero attached hydrogens (tertiary/aromatic N) is 5. The van der Waals surface area contributed by atoms with Gasteiger partial charge in [0.1, 0.15) is 5.69 Å². The molecule has 3 aromatic rings. The van der Waals surface area contributed by atoms with E-state index in [9.17, 15) is 5.26 Å². The van der Waals surface area contributed by atoms with E-state index in [1.807, 2.05) is 18.2 Å². The summed E-state index contributed by atoms with van der Waals surface area (Å²) in [5.74, 6) is 0.810. The molecule has 4 rings (SSSR count). The highest BCUT2D eigenvalue weighted by molar-refractivity contribution is 6.42. The molecule has 0 N–H and O–H groups in total. The van der Waals surface area contributed by atoms with Crippen molar-refractivity contribution in [3.63, 3.8) is 0 Å². The Kier molecular flexibility index (Phi) is 5.11. The van der Waals surface area contributed by atoms with Gasteiger partial charge in [0.05, 0.1) is 32.7 Å². The van der Waals surface area contributed by atoms with E-state index in [0.29, 0.717) is 32.7 Å². The number of hydrogen-bond acceptors (Lipinski definition) is 5. The standard InChI is InChI=1S/C21H19Cl2N5/c1-27(2)15-6-7-28(12-15)21-20(14-5-3-4-13(8-14)11-24)25-18-9-16(22)17(23)10-19(18)26-21/h3-5,8-10,15H,6-7,12H2,1-2H3. The summed E-state index contributed by atoms with van der Waals surface area (Å²) in [4.78, 5) is 14.3. The maximum atomic E-state index is 9.29. The van der Waals surface area contributed by atoms with Gasteiger partial charge in [-0.25, -0.2) is 9.97 Å². The van der Waals surface area contributed by atoms with Crippen molar-refractivity contribution in [2.75, 3.05) is 32.1 Å². The van der Waals surface area contributed by atoms with Gasteiger partial charge < -0.3 is 9.80 Å². The summed E-state index contributed by atoms with van der Waals surface area (Å²) < 4.78 is 0. The quantitative estimate of drug-likeness (QED) is 0.629. The Morgan fingerprint density at radius 2 is 1.82 bits per heavy atom. The second-order valence-electron chi connectivity index (χ2n) is 7.20. The Balaban J connectivity index is 1.90. The molecule has 5 nitrogen and oxygen atoms in total. The van der Waals surface area contributed by atoms with Crippen molar-refractivity contribution in [3.05, 3.63) is 52.0 Å². The summed E-state index contributed by atoms with van der Waals surface area (Å²) in [6.45, 7) is 1.77. The van der Waals surface area contributed by atoms with E-state index < -0.39 is 0 Å². The molecule has 0 saturated carbocycles. The number of rotatable bonds is 3. The third kappa shape index (κ3) is 3.51. The number of anilines is 1. The lowest BCUT2D eigenvalue weighted by molar-refractivity contribution is 0.315. The maximum Gasteiger partial charge on any atom is 0.156 e. The number of halogens is 2. The average Bonchev–Trinajstić information content (AvgIpc) is 3.18.